The van der Waals surface area contributed by atoms with Crippen LogP contribution in [0.25, 0.3) is 0 Å². The first-order chi connectivity index (χ1) is 4.84. The van der Waals surface area contributed by atoms with E-state index in [1.165, 1.54) is 0 Å². The summed E-state index contributed by atoms with van der Waals surface area (Å²) in [5.41, 5.74) is 0.699. The zero-order chi connectivity index (χ0) is 7.40. The average molecular weight is 159 g/mol. The summed E-state index contributed by atoms with van der Waals surface area (Å²) in [6, 6.07) is 9.11. The first-order valence-corrected chi connectivity index (χ1v) is 3.11. The van der Waals surface area contributed by atoms with Crippen molar-refractivity contribution in [3.8, 4) is 0 Å². The van der Waals surface area contributed by atoms with Gasteiger partial charge in [-0.15, -0.1) is 0 Å². The van der Waals surface area contributed by atoms with Crippen LogP contribution in [0, 0.1) is 0 Å². The SMILES string of the molecule is CNC(=O)c1ccccc1.[H-].[Na+]. The predicted octanol–water partition coefficient (Wildman–Crippen LogP) is -1.84. The van der Waals surface area contributed by atoms with Crippen LogP contribution >= 0.6 is 0 Å². The molecular weight excluding hydrogens is 149 g/mol. The Bertz CT molecular complexity index is 228. The molecular formula is C8H10NNaO. The molecule has 2 nitrogen and oxygen atoms in total. The van der Waals surface area contributed by atoms with E-state index in [4.69, 9.17) is 0 Å². The maximum Gasteiger partial charge on any atom is 1.00 e. The van der Waals surface area contributed by atoms with Crippen molar-refractivity contribution in [3.05, 3.63) is 35.9 Å². The zero-order valence-corrected chi connectivity index (χ0v) is 8.79. The van der Waals surface area contributed by atoms with E-state index in [-0.39, 0.29) is 36.9 Å². The molecule has 0 aliphatic heterocycles. The average Bonchev–Trinajstić information content (AvgIpc) is 2.05. The monoisotopic (exact) mass is 159 g/mol. The van der Waals surface area contributed by atoms with Crippen LogP contribution in [-0.2, 0) is 0 Å². The predicted molar refractivity (Wildman–Crippen MR) is 40.9 cm³/mol. The molecule has 0 bridgehead atoms. The van der Waals surface area contributed by atoms with Crippen LogP contribution < -0.4 is 34.9 Å². The van der Waals surface area contributed by atoms with Gasteiger partial charge in [0.05, 0.1) is 0 Å². The molecule has 54 valence electrons. The van der Waals surface area contributed by atoms with Crippen molar-refractivity contribution in [2.24, 2.45) is 0 Å². The molecule has 11 heavy (non-hydrogen) atoms. The molecule has 0 saturated heterocycles. The topological polar surface area (TPSA) is 29.1 Å². The van der Waals surface area contributed by atoms with Gasteiger partial charge in [0.15, 0.2) is 0 Å². The van der Waals surface area contributed by atoms with Gasteiger partial charge in [-0.2, -0.15) is 0 Å². The Labute approximate surface area is 89.8 Å². The van der Waals surface area contributed by atoms with Crippen molar-refractivity contribution in [2.45, 2.75) is 0 Å². The van der Waals surface area contributed by atoms with E-state index in [0.29, 0.717) is 5.56 Å². The molecule has 1 N–H and O–H groups in total. The molecule has 0 heterocycles. The van der Waals surface area contributed by atoms with Crippen LogP contribution in [0.4, 0.5) is 0 Å². The molecule has 0 aliphatic rings. The Hall–Kier alpha value is -0.310. The minimum atomic E-state index is -0.0411. The number of benzene rings is 1. The number of hydrogen-bond donors (Lipinski definition) is 1. The van der Waals surface area contributed by atoms with Crippen molar-refractivity contribution in [1.29, 1.82) is 0 Å². The Balaban J connectivity index is 0. The Morgan fingerprint density at radius 3 is 2.36 bits per heavy atom. The second kappa shape index (κ2) is 5.35. The van der Waals surface area contributed by atoms with Crippen molar-refractivity contribution in [2.75, 3.05) is 7.05 Å². The second-order valence-electron chi connectivity index (χ2n) is 1.95. The smallest absolute Gasteiger partial charge is 1.00 e. The van der Waals surface area contributed by atoms with Gasteiger partial charge in [-0.25, -0.2) is 0 Å². The number of amides is 1. The standard InChI is InChI=1S/C8H9NO.Na.H/c1-9-8(10)7-5-3-2-4-6-7;;/h2-6H,1H3,(H,9,10);;/q;+1;-1. The number of rotatable bonds is 1. The van der Waals surface area contributed by atoms with Crippen LogP contribution in [-0.4, -0.2) is 13.0 Å². The minimum absolute atomic E-state index is 0. The third-order valence-electron chi connectivity index (χ3n) is 1.26. The summed E-state index contributed by atoms with van der Waals surface area (Å²) in [5, 5.41) is 2.54. The van der Waals surface area contributed by atoms with Crippen molar-refractivity contribution in [3.63, 3.8) is 0 Å². The Morgan fingerprint density at radius 1 is 1.36 bits per heavy atom. The van der Waals surface area contributed by atoms with E-state index in [1.54, 1.807) is 19.2 Å². The molecule has 1 aromatic rings. The number of carbonyl (C=O) groups is 1. The molecule has 1 amide bonds. The fourth-order valence-electron chi connectivity index (χ4n) is 0.734. The van der Waals surface area contributed by atoms with Crippen LogP contribution in [0.5, 0.6) is 0 Å². The van der Waals surface area contributed by atoms with Crippen LogP contribution in [0.15, 0.2) is 30.3 Å². The van der Waals surface area contributed by atoms with Crippen molar-refractivity contribution in [1.82, 2.24) is 5.32 Å². The van der Waals surface area contributed by atoms with Gasteiger partial charge in [-0.3, -0.25) is 4.79 Å². The second-order valence-corrected chi connectivity index (χ2v) is 1.95. The first-order valence-electron chi connectivity index (χ1n) is 3.11. The summed E-state index contributed by atoms with van der Waals surface area (Å²) in [5.74, 6) is -0.0411. The van der Waals surface area contributed by atoms with E-state index in [2.05, 4.69) is 5.32 Å². The number of nitrogens with one attached hydrogen (secondary N) is 1. The molecule has 1 aromatic carbocycles. The van der Waals surface area contributed by atoms with Crippen LogP contribution in [0.1, 0.15) is 11.8 Å². The summed E-state index contributed by atoms with van der Waals surface area (Å²) in [7, 11) is 1.62. The Morgan fingerprint density at radius 2 is 1.91 bits per heavy atom. The summed E-state index contributed by atoms with van der Waals surface area (Å²) in [6.45, 7) is 0. The van der Waals surface area contributed by atoms with E-state index < -0.39 is 0 Å². The van der Waals surface area contributed by atoms with Gasteiger partial charge in [0, 0.05) is 12.6 Å². The molecule has 1 rings (SSSR count). The summed E-state index contributed by atoms with van der Waals surface area (Å²) in [4.78, 5) is 10.9. The molecule has 0 spiro atoms. The zero-order valence-electron chi connectivity index (χ0n) is 7.79. The van der Waals surface area contributed by atoms with Gasteiger partial charge < -0.3 is 6.74 Å². The first kappa shape index (κ1) is 10.7. The molecule has 0 radical (unpaired) electrons. The van der Waals surface area contributed by atoms with Gasteiger partial charge in [-0.05, 0) is 12.1 Å². The van der Waals surface area contributed by atoms with Crippen molar-refractivity contribution < 1.29 is 35.8 Å². The number of carbonyl (C=O) groups excluding carboxylic acids is 1. The molecule has 0 saturated carbocycles. The summed E-state index contributed by atoms with van der Waals surface area (Å²) < 4.78 is 0. The molecule has 3 heteroatoms. The van der Waals surface area contributed by atoms with Gasteiger partial charge in [0.25, 0.3) is 5.91 Å². The minimum Gasteiger partial charge on any atom is -1.00 e. The Kier molecular flexibility index (Phi) is 5.20. The molecule has 0 unspecified atom stereocenters. The van der Waals surface area contributed by atoms with Crippen LogP contribution in [0.2, 0.25) is 0 Å². The quantitative estimate of drug-likeness (QED) is 0.479. The van der Waals surface area contributed by atoms with E-state index in [9.17, 15) is 4.79 Å². The van der Waals surface area contributed by atoms with E-state index in [0.717, 1.165) is 0 Å². The largest absolute Gasteiger partial charge is 1.00 e. The molecule has 0 fully saturated rings. The van der Waals surface area contributed by atoms with Gasteiger partial charge >= 0.3 is 29.6 Å². The number of hydrogen-bond acceptors (Lipinski definition) is 1. The van der Waals surface area contributed by atoms with Crippen molar-refractivity contribution >= 4 is 5.91 Å². The maximum absolute atomic E-state index is 10.9. The molecule has 0 aromatic heterocycles. The van der Waals surface area contributed by atoms with E-state index in [1.807, 2.05) is 18.2 Å². The van der Waals surface area contributed by atoms with Gasteiger partial charge in [0.1, 0.15) is 0 Å². The maximum atomic E-state index is 10.9. The van der Waals surface area contributed by atoms with Crippen LogP contribution in [0.3, 0.4) is 0 Å². The third kappa shape index (κ3) is 3.06. The van der Waals surface area contributed by atoms with Gasteiger partial charge in [-0.1, -0.05) is 18.2 Å². The summed E-state index contributed by atoms with van der Waals surface area (Å²) >= 11 is 0. The van der Waals surface area contributed by atoms with E-state index >= 15 is 0 Å². The summed E-state index contributed by atoms with van der Waals surface area (Å²) in [6.07, 6.45) is 0. The fraction of sp³-hybridized carbons (Fsp3) is 0.125. The normalized spacial score (nSPS) is 8.09. The van der Waals surface area contributed by atoms with Gasteiger partial charge in [0.2, 0.25) is 0 Å². The fourth-order valence-corrected chi connectivity index (χ4v) is 0.734. The molecule has 0 atom stereocenters. The third-order valence-corrected chi connectivity index (χ3v) is 1.26. The molecule has 0 aliphatic carbocycles.